The molecule has 0 saturated heterocycles. The van der Waals surface area contributed by atoms with Crippen LogP contribution in [0.15, 0.2) is 0 Å². The molecule has 4 N–H and O–H groups in total. The first kappa shape index (κ1) is 19.0. The Morgan fingerprint density at radius 3 is 2.00 bits per heavy atom. The molecular weight excluding hydrogens is 260 g/mol. The lowest BCUT2D eigenvalue weighted by Gasteiger charge is -2.31. The van der Waals surface area contributed by atoms with Gasteiger partial charge < -0.3 is 24.7 Å². The minimum Gasteiger partial charge on any atom is -0.374 e. The van der Waals surface area contributed by atoms with E-state index in [1.54, 1.807) is 0 Å². The van der Waals surface area contributed by atoms with Crippen LogP contribution in [-0.4, -0.2) is 41.2 Å². The van der Waals surface area contributed by atoms with Gasteiger partial charge in [0.25, 0.3) is 0 Å². The van der Waals surface area contributed by atoms with Gasteiger partial charge in [-0.1, -0.05) is 0 Å². The summed E-state index contributed by atoms with van der Waals surface area (Å²) in [6, 6.07) is 0.846. The molecule has 0 aliphatic heterocycles. The van der Waals surface area contributed by atoms with Gasteiger partial charge in [-0.2, -0.15) is 0 Å². The minimum absolute atomic E-state index is 0.131. The Kier molecular flexibility index (Phi) is 11.8. The van der Waals surface area contributed by atoms with Crippen molar-refractivity contribution in [3.8, 4) is 0 Å². The number of hydrogen-bond donors (Lipinski definition) is 2. The van der Waals surface area contributed by atoms with E-state index in [9.17, 15) is 0 Å². The van der Waals surface area contributed by atoms with E-state index in [2.05, 4.69) is 6.92 Å². The monoisotopic (exact) mass is 292 g/mol. The summed E-state index contributed by atoms with van der Waals surface area (Å²) in [5, 5.41) is 0. The van der Waals surface area contributed by atoms with Gasteiger partial charge in [0.1, 0.15) is 0 Å². The fraction of sp³-hybridized carbons (Fsp3) is 1.00. The summed E-state index contributed by atoms with van der Waals surface area (Å²) in [7, 11) is -2.54. The van der Waals surface area contributed by atoms with Crippen LogP contribution < -0.4 is 11.5 Å². The van der Waals surface area contributed by atoms with Crippen molar-refractivity contribution in [3.05, 3.63) is 0 Å². The van der Waals surface area contributed by atoms with E-state index in [-0.39, 0.29) is 6.10 Å². The van der Waals surface area contributed by atoms with Gasteiger partial charge in [0.2, 0.25) is 0 Å². The van der Waals surface area contributed by atoms with Crippen molar-refractivity contribution in [3.63, 3.8) is 0 Å². The Morgan fingerprint density at radius 1 is 0.947 bits per heavy atom. The van der Waals surface area contributed by atoms with Crippen molar-refractivity contribution in [2.45, 2.75) is 58.6 Å². The molecule has 0 heterocycles. The Morgan fingerprint density at radius 2 is 1.53 bits per heavy atom. The molecule has 5 nitrogen and oxygen atoms in total. The van der Waals surface area contributed by atoms with Gasteiger partial charge in [0.15, 0.2) is 0 Å². The Balaban J connectivity index is 4.49. The highest BCUT2D eigenvalue weighted by Crippen LogP contribution is 2.22. The maximum absolute atomic E-state index is 6.17. The lowest BCUT2D eigenvalue weighted by molar-refractivity contribution is 0.0347. The lowest BCUT2D eigenvalue weighted by Crippen LogP contribution is -2.48. The Bertz CT molecular complexity index is 202. The predicted octanol–water partition coefficient (Wildman–Crippen LogP) is 1.88. The summed E-state index contributed by atoms with van der Waals surface area (Å²) in [5.74, 6) is 0. The summed E-state index contributed by atoms with van der Waals surface area (Å²) >= 11 is 0. The highest BCUT2D eigenvalue weighted by Gasteiger charge is 2.41. The summed E-state index contributed by atoms with van der Waals surface area (Å²) in [6.45, 7) is 8.68. The average Bonchev–Trinajstić information content (AvgIpc) is 2.37. The van der Waals surface area contributed by atoms with E-state index in [0.717, 1.165) is 31.7 Å². The third-order valence-corrected chi connectivity index (χ3v) is 6.05. The first-order valence-electron chi connectivity index (χ1n) is 7.50. The van der Waals surface area contributed by atoms with Crippen LogP contribution in [0, 0.1) is 0 Å². The molecule has 0 aliphatic carbocycles. The van der Waals surface area contributed by atoms with Crippen molar-refractivity contribution >= 4 is 8.80 Å². The van der Waals surface area contributed by atoms with Gasteiger partial charge in [-0.25, -0.2) is 0 Å². The molecule has 0 aliphatic rings. The molecule has 19 heavy (non-hydrogen) atoms. The van der Waals surface area contributed by atoms with E-state index in [1.807, 2.05) is 13.8 Å². The largest absolute Gasteiger partial charge is 0.501 e. The number of hydrogen-bond acceptors (Lipinski definition) is 5. The van der Waals surface area contributed by atoms with E-state index in [0.29, 0.717) is 26.3 Å². The van der Waals surface area contributed by atoms with Crippen LogP contribution in [0.2, 0.25) is 6.04 Å². The van der Waals surface area contributed by atoms with Crippen LogP contribution in [0.25, 0.3) is 0 Å². The SMILES string of the molecule is CCO[Si](CCCCN)(OCC)OC(C)CCCN. The first-order valence-corrected chi connectivity index (χ1v) is 9.43. The Labute approximate surface area is 119 Å². The fourth-order valence-electron chi connectivity index (χ4n) is 2.01. The maximum atomic E-state index is 6.17. The van der Waals surface area contributed by atoms with Crippen LogP contribution in [0.1, 0.15) is 46.5 Å². The summed E-state index contributed by atoms with van der Waals surface area (Å²) in [6.07, 6.45) is 4.02. The van der Waals surface area contributed by atoms with Gasteiger partial charge in [-0.15, -0.1) is 0 Å². The molecule has 0 aromatic heterocycles. The van der Waals surface area contributed by atoms with Crippen molar-refractivity contribution in [2.75, 3.05) is 26.3 Å². The van der Waals surface area contributed by atoms with E-state index in [4.69, 9.17) is 24.7 Å². The minimum atomic E-state index is -2.54. The molecule has 0 aromatic rings. The average molecular weight is 292 g/mol. The molecule has 0 bridgehead atoms. The molecule has 0 fully saturated rings. The second-order valence-electron chi connectivity index (χ2n) is 4.65. The second kappa shape index (κ2) is 11.8. The van der Waals surface area contributed by atoms with Crippen LogP contribution in [0.3, 0.4) is 0 Å². The van der Waals surface area contributed by atoms with Gasteiger partial charge in [-0.3, -0.25) is 0 Å². The summed E-state index contributed by atoms with van der Waals surface area (Å²) in [5.41, 5.74) is 11.1. The Hall–Kier alpha value is 0.0169. The normalized spacial score (nSPS) is 13.7. The van der Waals surface area contributed by atoms with Crippen LogP contribution in [-0.2, 0) is 13.3 Å². The molecule has 0 rings (SSSR count). The summed E-state index contributed by atoms with van der Waals surface area (Å²) in [4.78, 5) is 0. The van der Waals surface area contributed by atoms with Crippen molar-refractivity contribution in [1.29, 1.82) is 0 Å². The third-order valence-electron chi connectivity index (χ3n) is 2.86. The van der Waals surface area contributed by atoms with E-state index >= 15 is 0 Å². The molecule has 6 heteroatoms. The van der Waals surface area contributed by atoms with Crippen molar-refractivity contribution in [2.24, 2.45) is 11.5 Å². The number of nitrogens with two attached hydrogens (primary N) is 2. The highest BCUT2D eigenvalue weighted by molar-refractivity contribution is 6.60. The molecular formula is C13H32N2O3Si. The highest BCUT2D eigenvalue weighted by atomic mass is 28.4. The van der Waals surface area contributed by atoms with Crippen LogP contribution in [0.5, 0.6) is 0 Å². The lowest BCUT2D eigenvalue weighted by atomic mass is 10.2. The second-order valence-corrected chi connectivity index (χ2v) is 7.33. The van der Waals surface area contributed by atoms with Crippen LogP contribution >= 0.6 is 0 Å². The molecule has 0 spiro atoms. The first-order chi connectivity index (χ1) is 9.14. The smallest absolute Gasteiger partial charge is 0.374 e. The zero-order valence-corrected chi connectivity index (χ0v) is 13.8. The molecule has 0 radical (unpaired) electrons. The molecule has 0 saturated carbocycles. The number of unbranched alkanes of at least 4 members (excludes halogenated alkanes) is 1. The molecule has 1 unspecified atom stereocenters. The summed E-state index contributed by atoms with van der Waals surface area (Å²) < 4.78 is 17.9. The van der Waals surface area contributed by atoms with E-state index in [1.165, 1.54) is 0 Å². The topological polar surface area (TPSA) is 79.7 Å². The quantitative estimate of drug-likeness (QED) is 0.400. The van der Waals surface area contributed by atoms with Gasteiger partial charge >= 0.3 is 8.80 Å². The predicted molar refractivity (Wildman–Crippen MR) is 80.9 cm³/mol. The zero-order valence-electron chi connectivity index (χ0n) is 12.8. The fourth-order valence-corrected chi connectivity index (χ4v) is 4.93. The maximum Gasteiger partial charge on any atom is 0.501 e. The molecule has 116 valence electrons. The van der Waals surface area contributed by atoms with Crippen molar-refractivity contribution < 1.29 is 13.3 Å². The number of rotatable bonds is 13. The van der Waals surface area contributed by atoms with Gasteiger partial charge in [0.05, 0.1) is 0 Å². The molecule has 1 atom stereocenters. The standard InChI is InChI=1S/C13H32N2O3Si/c1-4-16-19(17-5-2,12-7-6-10-14)18-13(3)9-8-11-15/h13H,4-12,14-15H2,1-3H3. The van der Waals surface area contributed by atoms with E-state index < -0.39 is 8.80 Å². The zero-order chi connectivity index (χ0) is 14.6. The van der Waals surface area contributed by atoms with Crippen molar-refractivity contribution in [1.82, 2.24) is 0 Å². The third kappa shape index (κ3) is 8.72. The molecule has 0 aromatic carbocycles. The van der Waals surface area contributed by atoms with Gasteiger partial charge in [-0.05, 0) is 59.5 Å². The van der Waals surface area contributed by atoms with Gasteiger partial charge in [0, 0.05) is 25.4 Å². The molecule has 0 amide bonds. The van der Waals surface area contributed by atoms with Crippen LogP contribution in [0.4, 0.5) is 0 Å².